The number of benzene rings is 3. The van der Waals surface area contributed by atoms with Crippen molar-refractivity contribution in [2.45, 2.75) is 17.4 Å². The van der Waals surface area contributed by atoms with Crippen LogP contribution in [0.4, 0.5) is 5.69 Å². The van der Waals surface area contributed by atoms with Crippen LogP contribution in [0.25, 0.3) is 0 Å². The van der Waals surface area contributed by atoms with E-state index in [9.17, 15) is 4.79 Å². The van der Waals surface area contributed by atoms with Gasteiger partial charge in [0, 0.05) is 22.4 Å². The van der Waals surface area contributed by atoms with Gasteiger partial charge in [0.15, 0.2) is 5.78 Å². The third kappa shape index (κ3) is 3.99. The molecule has 0 aliphatic carbocycles. The molecule has 1 aliphatic rings. The largest absolute Gasteiger partial charge is 0.463 e. The fourth-order valence-corrected chi connectivity index (χ4v) is 4.36. The van der Waals surface area contributed by atoms with Gasteiger partial charge in [0.2, 0.25) is 0 Å². The summed E-state index contributed by atoms with van der Waals surface area (Å²) >= 11 is 1.73. The smallest absolute Gasteiger partial charge is 0.193 e. The highest BCUT2D eigenvalue weighted by Gasteiger charge is 2.31. The highest BCUT2D eigenvalue weighted by molar-refractivity contribution is 7.98. The Hall–Kier alpha value is -3.57. The van der Waals surface area contributed by atoms with Crippen molar-refractivity contribution >= 4 is 28.9 Å². The van der Waals surface area contributed by atoms with Crippen molar-refractivity contribution in [2.75, 3.05) is 11.3 Å². The Bertz CT molecular complexity index is 1230. The Morgan fingerprint density at radius 1 is 0.906 bits per heavy atom. The second-order valence-electron chi connectivity index (χ2n) is 7.60. The Morgan fingerprint density at radius 2 is 1.62 bits per heavy atom. The summed E-state index contributed by atoms with van der Waals surface area (Å²) in [6.45, 7) is 0. The molecule has 0 radical (unpaired) electrons. The summed E-state index contributed by atoms with van der Waals surface area (Å²) in [4.78, 5) is 14.0. The van der Waals surface area contributed by atoms with Crippen molar-refractivity contribution in [1.82, 2.24) is 0 Å². The highest BCUT2D eigenvalue weighted by atomic mass is 32.2. The normalized spacial score (nSPS) is 15.6. The Kier molecular flexibility index (Phi) is 5.65. The van der Waals surface area contributed by atoms with Crippen LogP contribution >= 0.6 is 11.8 Å². The lowest BCUT2D eigenvalue weighted by molar-refractivity contribution is 0.103. The Balaban J connectivity index is 1.47. The summed E-state index contributed by atoms with van der Waals surface area (Å²) in [5, 5.41) is 6.93. The minimum atomic E-state index is 0.0163. The van der Waals surface area contributed by atoms with Gasteiger partial charge in [-0.1, -0.05) is 42.5 Å². The maximum absolute atomic E-state index is 12.8. The average Bonchev–Trinajstić information content (AvgIpc) is 3.55. The molecule has 32 heavy (non-hydrogen) atoms. The number of hydrogen-bond donors (Lipinski definition) is 0. The number of rotatable bonds is 6. The van der Waals surface area contributed by atoms with Crippen molar-refractivity contribution in [1.29, 1.82) is 0 Å². The van der Waals surface area contributed by atoms with Crippen LogP contribution in [0.5, 0.6) is 0 Å². The molecule has 1 unspecified atom stereocenters. The predicted molar refractivity (Wildman–Crippen MR) is 130 cm³/mol. The van der Waals surface area contributed by atoms with Gasteiger partial charge in [-0.25, -0.2) is 0 Å². The molecule has 1 aromatic heterocycles. The molecule has 1 aliphatic heterocycles. The molecule has 4 aromatic rings. The first-order valence-electron chi connectivity index (χ1n) is 10.5. The summed E-state index contributed by atoms with van der Waals surface area (Å²) in [5.74, 6) is 0.802. The first-order chi connectivity index (χ1) is 15.7. The Labute approximate surface area is 191 Å². The van der Waals surface area contributed by atoms with Gasteiger partial charge < -0.3 is 4.42 Å². The number of thioether (sulfide) groups is 1. The van der Waals surface area contributed by atoms with E-state index in [1.807, 2.05) is 71.7 Å². The number of carbonyl (C=O) groups excluding carboxylic acids is 1. The molecule has 1 atom stereocenters. The maximum atomic E-state index is 12.8. The van der Waals surface area contributed by atoms with Gasteiger partial charge in [-0.2, -0.15) is 5.10 Å². The Morgan fingerprint density at radius 3 is 2.28 bits per heavy atom. The topological polar surface area (TPSA) is 45.8 Å². The van der Waals surface area contributed by atoms with E-state index in [1.54, 1.807) is 18.0 Å². The van der Waals surface area contributed by atoms with E-state index < -0.39 is 0 Å². The first-order valence-corrected chi connectivity index (χ1v) is 11.7. The van der Waals surface area contributed by atoms with Gasteiger partial charge in [-0.3, -0.25) is 9.80 Å². The summed E-state index contributed by atoms with van der Waals surface area (Å²) in [5.41, 5.74) is 4.40. The number of anilines is 1. The standard InChI is InChI=1S/C27H22N2O2S/c1-32-23-15-11-19(12-16-23)25-18-24(26-8-5-17-31-26)28-29(25)22-13-9-21(10-14-22)27(30)20-6-3-2-4-7-20/h2-17,25H,18H2,1H3. The third-order valence-corrected chi connectivity index (χ3v) is 6.39. The second-order valence-corrected chi connectivity index (χ2v) is 8.48. The number of nitrogens with zero attached hydrogens (tertiary/aromatic N) is 2. The van der Waals surface area contributed by atoms with Gasteiger partial charge in [-0.15, -0.1) is 11.8 Å². The van der Waals surface area contributed by atoms with Crippen LogP contribution in [0, 0.1) is 0 Å². The minimum Gasteiger partial charge on any atom is -0.463 e. The van der Waals surface area contributed by atoms with E-state index in [1.165, 1.54) is 10.5 Å². The average molecular weight is 439 g/mol. The molecule has 5 heteroatoms. The van der Waals surface area contributed by atoms with Crippen LogP contribution in [0.2, 0.25) is 0 Å². The van der Waals surface area contributed by atoms with Crippen molar-refractivity contribution in [2.24, 2.45) is 5.10 Å². The van der Waals surface area contributed by atoms with Crippen LogP contribution in [0.15, 0.2) is 112 Å². The molecule has 4 nitrogen and oxygen atoms in total. The molecule has 0 amide bonds. The van der Waals surface area contributed by atoms with E-state index in [2.05, 4.69) is 30.5 Å². The van der Waals surface area contributed by atoms with Crippen LogP contribution < -0.4 is 5.01 Å². The van der Waals surface area contributed by atoms with Gasteiger partial charge in [0.1, 0.15) is 11.5 Å². The molecule has 3 aromatic carbocycles. The van der Waals surface area contributed by atoms with Crippen LogP contribution in [0.1, 0.15) is 39.7 Å². The van der Waals surface area contributed by atoms with Gasteiger partial charge >= 0.3 is 0 Å². The fraction of sp³-hybridized carbons (Fsp3) is 0.111. The van der Waals surface area contributed by atoms with Crippen LogP contribution in [0.3, 0.4) is 0 Å². The third-order valence-electron chi connectivity index (χ3n) is 5.65. The molecular weight excluding hydrogens is 416 g/mol. The predicted octanol–water partition coefficient (Wildman–Crippen LogP) is 6.59. The lowest BCUT2D eigenvalue weighted by atomic mass is 10.00. The van der Waals surface area contributed by atoms with Crippen molar-refractivity contribution < 1.29 is 9.21 Å². The number of hydrogen-bond acceptors (Lipinski definition) is 5. The van der Waals surface area contributed by atoms with E-state index in [0.717, 1.165) is 23.6 Å². The van der Waals surface area contributed by atoms with E-state index in [0.29, 0.717) is 11.1 Å². The van der Waals surface area contributed by atoms with Crippen LogP contribution in [-0.4, -0.2) is 17.8 Å². The monoisotopic (exact) mass is 438 g/mol. The molecule has 5 rings (SSSR count). The molecule has 0 spiro atoms. The molecule has 0 N–H and O–H groups in total. The van der Waals surface area contributed by atoms with Crippen LogP contribution in [-0.2, 0) is 0 Å². The molecule has 0 saturated heterocycles. The minimum absolute atomic E-state index is 0.0163. The van der Waals surface area contributed by atoms with Crippen molar-refractivity contribution in [3.8, 4) is 0 Å². The summed E-state index contributed by atoms with van der Waals surface area (Å²) in [6, 6.07) is 29.5. The first kappa shape index (κ1) is 20.3. The zero-order valence-electron chi connectivity index (χ0n) is 17.6. The summed E-state index contributed by atoms with van der Waals surface area (Å²) < 4.78 is 5.62. The van der Waals surface area contributed by atoms with E-state index >= 15 is 0 Å². The highest BCUT2D eigenvalue weighted by Crippen LogP contribution is 2.37. The molecule has 158 valence electrons. The quantitative estimate of drug-likeness (QED) is 0.252. The fourth-order valence-electron chi connectivity index (χ4n) is 3.95. The molecule has 0 fully saturated rings. The number of carbonyl (C=O) groups is 1. The molecule has 0 saturated carbocycles. The zero-order chi connectivity index (χ0) is 21.9. The van der Waals surface area contributed by atoms with Crippen molar-refractivity contribution in [3.63, 3.8) is 0 Å². The van der Waals surface area contributed by atoms with Crippen molar-refractivity contribution in [3.05, 3.63) is 120 Å². The molecule has 2 heterocycles. The van der Waals surface area contributed by atoms with Gasteiger partial charge in [0.25, 0.3) is 0 Å². The summed E-state index contributed by atoms with van der Waals surface area (Å²) in [6.07, 6.45) is 4.50. The SMILES string of the molecule is CSc1ccc(C2CC(c3ccco3)=NN2c2ccc(C(=O)c3ccccc3)cc2)cc1. The van der Waals surface area contributed by atoms with E-state index in [-0.39, 0.29) is 11.8 Å². The van der Waals surface area contributed by atoms with Gasteiger partial charge in [0.05, 0.1) is 18.0 Å². The molecule has 0 bridgehead atoms. The second kappa shape index (κ2) is 8.89. The maximum Gasteiger partial charge on any atom is 0.193 e. The number of hydrazone groups is 1. The molecular formula is C27H22N2O2S. The lowest BCUT2D eigenvalue weighted by Crippen LogP contribution is -2.18. The number of furan rings is 1. The zero-order valence-corrected chi connectivity index (χ0v) is 18.5. The van der Waals surface area contributed by atoms with Gasteiger partial charge in [-0.05, 0) is 60.4 Å². The number of ketones is 1. The lowest BCUT2D eigenvalue weighted by Gasteiger charge is -2.24. The summed E-state index contributed by atoms with van der Waals surface area (Å²) in [7, 11) is 0. The van der Waals surface area contributed by atoms with E-state index in [4.69, 9.17) is 9.52 Å².